The van der Waals surface area contributed by atoms with Crippen LogP contribution in [-0.2, 0) is 5.41 Å². The van der Waals surface area contributed by atoms with Crippen molar-refractivity contribution in [1.82, 2.24) is 0 Å². The molecule has 0 unspecified atom stereocenters. The van der Waals surface area contributed by atoms with E-state index in [0.29, 0.717) is 0 Å². The molecule has 0 saturated carbocycles. The van der Waals surface area contributed by atoms with Crippen molar-refractivity contribution in [3.05, 3.63) is 157 Å². The van der Waals surface area contributed by atoms with Gasteiger partial charge in [0.1, 0.15) is 11.2 Å². The second kappa shape index (κ2) is 9.19. The first-order chi connectivity index (χ1) is 22.6. The second-order valence-corrected chi connectivity index (χ2v) is 13.2. The standard InChI is InChI=1S/C45H30O/c1-45(2)37-18-10-9-17-35(37)43-38(45)23-24-39-44(43)36-22-21-30(26-40(36)46-39)42-33-15-7-5-13-31(33)41(32-14-6-8-16-34(32)42)29-20-19-27-11-3-4-12-28(27)25-29/h3-26H,1-2H3. The second-order valence-electron chi connectivity index (χ2n) is 13.2. The number of benzene rings is 8. The van der Waals surface area contributed by atoms with Gasteiger partial charge in [-0.25, -0.2) is 0 Å². The summed E-state index contributed by atoms with van der Waals surface area (Å²) in [5, 5.41) is 9.91. The van der Waals surface area contributed by atoms with Crippen molar-refractivity contribution < 1.29 is 4.42 Å². The largest absolute Gasteiger partial charge is 0.456 e. The molecular weight excluding hydrogens is 556 g/mol. The molecule has 216 valence electrons. The van der Waals surface area contributed by atoms with E-state index in [2.05, 4.69) is 159 Å². The third-order valence-corrected chi connectivity index (χ3v) is 10.4. The molecule has 8 aromatic carbocycles. The molecule has 1 aromatic heterocycles. The summed E-state index contributed by atoms with van der Waals surface area (Å²) >= 11 is 0. The van der Waals surface area contributed by atoms with Crippen LogP contribution in [-0.4, -0.2) is 0 Å². The number of hydrogen-bond acceptors (Lipinski definition) is 1. The minimum atomic E-state index is -0.0474. The summed E-state index contributed by atoms with van der Waals surface area (Å²) in [6, 6.07) is 53.3. The summed E-state index contributed by atoms with van der Waals surface area (Å²) in [5.74, 6) is 0. The van der Waals surface area contributed by atoms with Crippen molar-refractivity contribution in [3.8, 4) is 33.4 Å². The van der Waals surface area contributed by atoms with Crippen LogP contribution in [0, 0.1) is 0 Å². The van der Waals surface area contributed by atoms with Gasteiger partial charge < -0.3 is 4.42 Å². The predicted molar refractivity (Wildman–Crippen MR) is 195 cm³/mol. The molecule has 0 radical (unpaired) electrons. The monoisotopic (exact) mass is 586 g/mol. The number of hydrogen-bond donors (Lipinski definition) is 0. The SMILES string of the molecule is CC1(C)c2ccccc2-c2c1ccc1oc3cc(-c4c5ccccc5c(-c5ccc6ccccc6c5)c5ccccc45)ccc3c21. The summed E-state index contributed by atoms with van der Waals surface area (Å²) in [6.45, 7) is 4.67. The van der Waals surface area contributed by atoms with Gasteiger partial charge in [0.25, 0.3) is 0 Å². The molecule has 0 saturated heterocycles. The highest BCUT2D eigenvalue weighted by molar-refractivity contribution is 6.23. The van der Waals surface area contributed by atoms with Gasteiger partial charge >= 0.3 is 0 Å². The quantitative estimate of drug-likeness (QED) is 0.184. The van der Waals surface area contributed by atoms with E-state index in [0.717, 1.165) is 11.2 Å². The van der Waals surface area contributed by atoms with E-state index >= 15 is 0 Å². The average molecular weight is 587 g/mol. The molecule has 0 aliphatic heterocycles. The minimum absolute atomic E-state index is 0.0474. The van der Waals surface area contributed by atoms with Crippen LogP contribution in [0.2, 0.25) is 0 Å². The van der Waals surface area contributed by atoms with Crippen molar-refractivity contribution in [2.75, 3.05) is 0 Å². The molecule has 0 bridgehead atoms. The lowest BCUT2D eigenvalue weighted by Gasteiger charge is -2.21. The van der Waals surface area contributed by atoms with E-state index < -0.39 is 0 Å². The Morgan fingerprint density at radius 3 is 1.72 bits per heavy atom. The first-order valence-corrected chi connectivity index (χ1v) is 16.1. The molecule has 1 aliphatic carbocycles. The van der Waals surface area contributed by atoms with Gasteiger partial charge in [0.15, 0.2) is 0 Å². The molecule has 0 spiro atoms. The molecule has 1 heteroatoms. The van der Waals surface area contributed by atoms with Gasteiger partial charge in [0.2, 0.25) is 0 Å². The Bertz CT molecular complexity index is 2660. The van der Waals surface area contributed by atoms with Crippen LogP contribution in [0.15, 0.2) is 150 Å². The van der Waals surface area contributed by atoms with E-state index in [1.807, 2.05) is 0 Å². The summed E-state index contributed by atoms with van der Waals surface area (Å²) in [7, 11) is 0. The number of fused-ring (bicyclic) bond motifs is 10. The lowest BCUT2D eigenvalue weighted by Crippen LogP contribution is -2.14. The Labute approximate surface area is 267 Å². The maximum atomic E-state index is 6.68. The van der Waals surface area contributed by atoms with Crippen molar-refractivity contribution >= 4 is 54.3 Å². The molecule has 0 atom stereocenters. The predicted octanol–water partition coefficient (Wildman–Crippen LogP) is 12.7. The highest BCUT2D eigenvalue weighted by atomic mass is 16.3. The van der Waals surface area contributed by atoms with Gasteiger partial charge in [-0.15, -0.1) is 0 Å². The van der Waals surface area contributed by atoms with Crippen LogP contribution in [0.4, 0.5) is 0 Å². The molecule has 10 rings (SSSR count). The molecular formula is C45H30O. The van der Waals surface area contributed by atoms with E-state index in [9.17, 15) is 0 Å². The van der Waals surface area contributed by atoms with Crippen molar-refractivity contribution in [1.29, 1.82) is 0 Å². The average Bonchev–Trinajstić information content (AvgIpc) is 3.58. The van der Waals surface area contributed by atoms with Crippen LogP contribution < -0.4 is 0 Å². The summed E-state index contributed by atoms with van der Waals surface area (Å²) in [4.78, 5) is 0. The number of rotatable bonds is 2. The molecule has 0 amide bonds. The van der Waals surface area contributed by atoms with Gasteiger partial charge in [-0.05, 0) is 101 Å². The summed E-state index contributed by atoms with van der Waals surface area (Å²) in [6.07, 6.45) is 0. The first-order valence-electron chi connectivity index (χ1n) is 16.1. The maximum Gasteiger partial charge on any atom is 0.136 e. The van der Waals surface area contributed by atoms with Crippen molar-refractivity contribution in [2.45, 2.75) is 19.3 Å². The summed E-state index contributed by atoms with van der Waals surface area (Å²) in [5.41, 5.74) is 12.1. The Morgan fingerprint density at radius 2 is 1.00 bits per heavy atom. The van der Waals surface area contributed by atoms with Crippen molar-refractivity contribution in [3.63, 3.8) is 0 Å². The van der Waals surface area contributed by atoms with Gasteiger partial charge in [-0.2, -0.15) is 0 Å². The zero-order chi connectivity index (χ0) is 30.6. The topological polar surface area (TPSA) is 13.1 Å². The summed E-state index contributed by atoms with van der Waals surface area (Å²) < 4.78 is 6.68. The van der Waals surface area contributed by atoms with Crippen LogP contribution in [0.5, 0.6) is 0 Å². The Hall–Kier alpha value is -5.66. The third-order valence-electron chi connectivity index (χ3n) is 10.4. The molecule has 1 aliphatic rings. The molecule has 1 nitrogen and oxygen atoms in total. The fourth-order valence-corrected chi connectivity index (χ4v) is 8.31. The van der Waals surface area contributed by atoms with Crippen LogP contribution in [0.3, 0.4) is 0 Å². The third kappa shape index (κ3) is 3.40. The minimum Gasteiger partial charge on any atom is -0.456 e. The highest BCUT2D eigenvalue weighted by Crippen LogP contribution is 2.53. The smallest absolute Gasteiger partial charge is 0.136 e. The van der Waals surface area contributed by atoms with Crippen LogP contribution in [0.1, 0.15) is 25.0 Å². The van der Waals surface area contributed by atoms with Gasteiger partial charge in [0, 0.05) is 16.2 Å². The van der Waals surface area contributed by atoms with E-state index in [1.54, 1.807) is 0 Å². The van der Waals surface area contributed by atoms with Crippen LogP contribution in [0.25, 0.3) is 87.6 Å². The lowest BCUT2D eigenvalue weighted by atomic mass is 9.82. The number of furan rings is 1. The van der Waals surface area contributed by atoms with Gasteiger partial charge in [0.05, 0.1) is 0 Å². The Morgan fingerprint density at radius 1 is 0.413 bits per heavy atom. The highest BCUT2D eigenvalue weighted by Gasteiger charge is 2.37. The van der Waals surface area contributed by atoms with E-state index in [-0.39, 0.29) is 5.41 Å². The fourth-order valence-electron chi connectivity index (χ4n) is 8.31. The molecule has 0 fully saturated rings. The molecule has 9 aromatic rings. The zero-order valence-corrected chi connectivity index (χ0v) is 25.8. The first kappa shape index (κ1) is 25.6. The van der Waals surface area contributed by atoms with Crippen molar-refractivity contribution in [2.24, 2.45) is 0 Å². The Kier molecular flexibility index (Phi) is 5.12. The normalized spacial score (nSPS) is 13.6. The van der Waals surface area contributed by atoms with Crippen LogP contribution >= 0.6 is 0 Å². The zero-order valence-electron chi connectivity index (χ0n) is 25.8. The van der Waals surface area contributed by atoms with Gasteiger partial charge in [-0.1, -0.05) is 135 Å². The van der Waals surface area contributed by atoms with E-state index in [4.69, 9.17) is 4.42 Å². The lowest BCUT2D eigenvalue weighted by molar-refractivity contribution is 0.656. The van der Waals surface area contributed by atoms with Gasteiger partial charge in [-0.3, -0.25) is 0 Å². The molecule has 46 heavy (non-hydrogen) atoms. The fraction of sp³-hybridized carbons (Fsp3) is 0.0667. The van der Waals surface area contributed by atoms with E-state index in [1.165, 1.54) is 87.6 Å². The molecule has 0 N–H and O–H groups in total. The Balaban J connectivity index is 1.25. The molecule has 1 heterocycles. The maximum absolute atomic E-state index is 6.68.